The fourth-order valence-corrected chi connectivity index (χ4v) is 3.18. The van der Waals surface area contributed by atoms with E-state index in [4.69, 9.17) is 10.4 Å². The molecule has 1 saturated heterocycles. The molecule has 0 aliphatic carbocycles. The van der Waals surface area contributed by atoms with E-state index in [1.54, 1.807) is 0 Å². The van der Waals surface area contributed by atoms with Crippen molar-refractivity contribution in [2.75, 3.05) is 18.0 Å². The number of piperidine rings is 1. The molecular formula is C16H18BrFN6O3. The van der Waals surface area contributed by atoms with Gasteiger partial charge in [0.1, 0.15) is 5.82 Å². The molecule has 0 bridgehead atoms. The zero-order valence-corrected chi connectivity index (χ0v) is 16.0. The summed E-state index contributed by atoms with van der Waals surface area (Å²) >= 11 is 3.09. The second-order valence-electron chi connectivity index (χ2n) is 6.52. The van der Waals surface area contributed by atoms with E-state index in [9.17, 15) is 14.4 Å². The number of rotatable bonds is 4. The van der Waals surface area contributed by atoms with Crippen molar-refractivity contribution in [3.8, 4) is 0 Å². The first-order valence-electron chi connectivity index (χ1n) is 8.16. The highest BCUT2D eigenvalue weighted by molar-refractivity contribution is 9.10. The third kappa shape index (κ3) is 3.93. The first-order valence-corrected chi connectivity index (χ1v) is 8.95. The van der Waals surface area contributed by atoms with E-state index in [1.165, 1.54) is 18.2 Å². The van der Waals surface area contributed by atoms with Crippen molar-refractivity contribution < 1.29 is 19.0 Å². The molecule has 1 aliphatic heterocycles. The van der Waals surface area contributed by atoms with E-state index in [2.05, 4.69) is 31.2 Å². The minimum absolute atomic E-state index is 0.00649. The van der Waals surface area contributed by atoms with Gasteiger partial charge in [0.05, 0.1) is 10.2 Å². The predicted molar refractivity (Wildman–Crippen MR) is 98.3 cm³/mol. The molecule has 1 aromatic heterocycles. The van der Waals surface area contributed by atoms with Gasteiger partial charge in [-0.1, -0.05) is 6.92 Å². The Hall–Kier alpha value is -2.53. The van der Waals surface area contributed by atoms with Crippen LogP contribution in [0, 0.1) is 11.2 Å². The van der Waals surface area contributed by atoms with Gasteiger partial charge in [0, 0.05) is 18.5 Å². The van der Waals surface area contributed by atoms with Crippen LogP contribution in [-0.4, -0.2) is 40.4 Å². The van der Waals surface area contributed by atoms with Crippen molar-refractivity contribution in [2.24, 2.45) is 16.1 Å². The topological polar surface area (TPSA) is 130 Å². The second-order valence-corrected chi connectivity index (χ2v) is 7.37. The van der Waals surface area contributed by atoms with Crippen LogP contribution in [0.4, 0.5) is 15.9 Å². The van der Waals surface area contributed by atoms with Crippen LogP contribution in [0.5, 0.6) is 0 Å². The number of anilines is 1. The zero-order valence-electron chi connectivity index (χ0n) is 14.4. The molecule has 1 aromatic carbocycles. The number of carbonyl (C=O) groups is 1. The number of primary amides is 1. The van der Waals surface area contributed by atoms with Crippen LogP contribution in [0.25, 0.3) is 0 Å². The lowest BCUT2D eigenvalue weighted by Crippen LogP contribution is -2.46. The summed E-state index contributed by atoms with van der Waals surface area (Å²) in [5.41, 5.74) is 7.46. The Balaban J connectivity index is 1.86. The minimum atomic E-state index is -0.569. The molecule has 0 spiro atoms. The summed E-state index contributed by atoms with van der Waals surface area (Å²) < 4.78 is 18.4. The maximum Gasteiger partial charge on any atom is 0.223 e. The summed E-state index contributed by atoms with van der Waals surface area (Å²) in [7, 11) is 0. The molecule has 2 heterocycles. The van der Waals surface area contributed by atoms with E-state index in [-0.39, 0.29) is 21.9 Å². The molecule has 0 unspecified atom stereocenters. The molecule has 144 valence electrons. The summed E-state index contributed by atoms with van der Waals surface area (Å²) in [6, 6.07) is 4.15. The minimum Gasteiger partial charge on any atom is -0.369 e. The largest absolute Gasteiger partial charge is 0.369 e. The number of hydrogen-bond acceptors (Lipinski definition) is 7. The Morgan fingerprint density at radius 1 is 1.44 bits per heavy atom. The van der Waals surface area contributed by atoms with Crippen LogP contribution >= 0.6 is 15.9 Å². The fourth-order valence-electron chi connectivity index (χ4n) is 2.81. The molecule has 0 saturated carbocycles. The number of amidine groups is 1. The van der Waals surface area contributed by atoms with Crippen molar-refractivity contribution in [3.05, 3.63) is 34.2 Å². The number of halogens is 2. The summed E-state index contributed by atoms with van der Waals surface area (Å²) in [5.74, 6) is -0.389. The Bertz CT molecular complexity index is 879. The van der Waals surface area contributed by atoms with Crippen molar-refractivity contribution in [1.82, 2.24) is 15.8 Å². The van der Waals surface area contributed by atoms with Crippen LogP contribution in [-0.2, 0) is 4.79 Å². The number of hydroxylamine groups is 1. The summed E-state index contributed by atoms with van der Waals surface area (Å²) in [4.78, 5) is 17.7. The Labute approximate surface area is 162 Å². The third-order valence-corrected chi connectivity index (χ3v) is 5.31. The second kappa shape index (κ2) is 7.61. The van der Waals surface area contributed by atoms with Gasteiger partial charge < -0.3 is 10.6 Å². The quantitative estimate of drug-likeness (QED) is 0.377. The molecule has 0 radical (unpaired) electrons. The van der Waals surface area contributed by atoms with E-state index in [0.717, 1.165) is 0 Å². The third-order valence-electron chi connectivity index (χ3n) is 4.71. The van der Waals surface area contributed by atoms with Crippen molar-refractivity contribution >= 4 is 39.2 Å². The number of hydrogen-bond donors (Lipinski definition) is 3. The van der Waals surface area contributed by atoms with E-state index in [0.29, 0.717) is 37.4 Å². The molecule has 11 heteroatoms. The van der Waals surface area contributed by atoms with Gasteiger partial charge in [-0.05, 0) is 57.3 Å². The Morgan fingerprint density at radius 2 is 2.15 bits per heavy atom. The van der Waals surface area contributed by atoms with Gasteiger partial charge in [-0.15, -0.1) is 0 Å². The maximum atomic E-state index is 13.4. The monoisotopic (exact) mass is 440 g/mol. The lowest BCUT2D eigenvalue weighted by atomic mass is 9.80. The fraction of sp³-hybridized carbons (Fsp3) is 0.375. The molecular weight excluding hydrogens is 423 g/mol. The van der Waals surface area contributed by atoms with Crippen LogP contribution in [0.2, 0.25) is 0 Å². The maximum absolute atomic E-state index is 13.4. The van der Waals surface area contributed by atoms with E-state index >= 15 is 0 Å². The number of aromatic nitrogens is 2. The van der Waals surface area contributed by atoms with Crippen LogP contribution in [0.15, 0.2) is 32.3 Å². The Morgan fingerprint density at radius 3 is 2.74 bits per heavy atom. The lowest BCUT2D eigenvalue weighted by Gasteiger charge is -2.37. The molecule has 1 fully saturated rings. The van der Waals surface area contributed by atoms with Crippen LogP contribution in [0.1, 0.15) is 25.5 Å². The van der Waals surface area contributed by atoms with Gasteiger partial charge in [-0.25, -0.2) is 14.0 Å². The Kier molecular flexibility index (Phi) is 5.42. The number of carbonyl (C=O) groups excluding carboxylic acids is 1. The van der Waals surface area contributed by atoms with E-state index < -0.39 is 11.2 Å². The highest BCUT2D eigenvalue weighted by Crippen LogP contribution is 2.33. The highest BCUT2D eigenvalue weighted by atomic mass is 79.9. The molecule has 27 heavy (non-hydrogen) atoms. The molecule has 2 aromatic rings. The molecule has 0 atom stereocenters. The molecule has 1 amide bonds. The van der Waals surface area contributed by atoms with Crippen LogP contribution in [0.3, 0.4) is 0 Å². The first kappa shape index (κ1) is 19.2. The SMILES string of the molecule is CC1(C(N)=O)CCN(c2nonc2C(=Nc2ccc(F)c(Br)c2)NO)CC1. The summed E-state index contributed by atoms with van der Waals surface area (Å²) in [6.07, 6.45) is 1.11. The predicted octanol–water partition coefficient (Wildman–Crippen LogP) is 2.12. The normalized spacial score (nSPS) is 17.0. The number of aliphatic imine (C=N–C) groups is 1. The standard InChI is InChI=1S/C16H18BrFN6O3/c1-16(15(19)25)4-6-24(7-5-16)14-12(22-27-23-14)13(21-26)20-9-2-3-11(18)10(17)8-9/h2-3,8,26H,4-7H2,1H3,(H2,19,25)(H,20,21). The number of nitrogens with zero attached hydrogens (tertiary/aromatic N) is 4. The molecule has 9 nitrogen and oxygen atoms in total. The number of amides is 1. The zero-order chi connectivity index (χ0) is 19.6. The first-order chi connectivity index (χ1) is 12.8. The van der Waals surface area contributed by atoms with Crippen molar-refractivity contribution in [1.29, 1.82) is 0 Å². The van der Waals surface area contributed by atoms with Crippen LogP contribution < -0.4 is 16.1 Å². The average molecular weight is 441 g/mol. The highest BCUT2D eigenvalue weighted by Gasteiger charge is 2.37. The van der Waals surface area contributed by atoms with Crippen molar-refractivity contribution in [3.63, 3.8) is 0 Å². The van der Waals surface area contributed by atoms with E-state index in [1.807, 2.05) is 17.3 Å². The lowest BCUT2D eigenvalue weighted by molar-refractivity contribution is -0.127. The molecule has 4 N–H and O–H groups in total. The summed E-state index contributed by atoms with van der Waals surface area (Å²) in [5, 5.41) is 17.2. The average Bonchev–Trinajstić information content (AvgIpc) is 3.12. The number of nitrogens with two attached hydrogens (primary N) is 1. The van der Waals surface area contributed by atoms with Gasteiger partial charge in [-0.3, -0.25) is 15.5 Å². The van der Waals surface area contributed by atoms with Gasteiger partial charge in [0.2, 0.25) is 11.7 Å². The number of benzene rings is 1. The smallest absolute Gasteiger partial charge is 0.223 e. The van der Waals surface area contributed by atoms with Gasteiger partial charge in [0.25, 0.3) is 0 Å². The summed E-state index contributed by atoms with van der Waals surface area (Å²) in [6.45, 7) is 2.87. The number of nitrogens with one attached hydrogen (secondary N) is 1. The van der Waals surface area contributed by atoms with Crippen molar-refractivity contribution in [2.45, 2.75) is 19.8 Å². The van der Waals surface area contributed by atoms with Gasteiger partial charge in [-0.2, -0.15) is 0 Å². The molecule has 1 aliphatic rings. The van der Waals surface area contributed by atoms with Gasteiger partial charge >= 0.3 is 0 Å². The molecule has 3 rings (SSSR count). The van der Waals surface area contributed by atoms with Gasteiger partial charge in [0.15, 0.2) is 11.5 Å².